The van der Waals surface area contributed by atoms with Crippen LogP contribution in [-0.4, -0.2) is 5.78 Å². The van der Waals surface area contributed by atoms with Crippen LogP contribution in [0.1, 0.15) is 6.92 Å². The fourth-order valence-electron chi connectivity index (χ4n) is 0.198. The first-order valence-electron chi connectivity index (χ1n) is 1.95. The van der Waals surface area contributed by atoms with Crippen LogP contribution in [0.3, 0.4) is 0 Å². The molecule has 0 aromatic heterocycles. The van der Waals surface area contributed by atoms with Gasteiger partial charge in [0.05, 0.1) is 6.57 Å². The highest BCUT2D eigenvalue weighted by Gasteiger charge is 1.98. The van der Waals surface area contributed by atoms with E-state index in [-0.39, 0.29) is 11.5 Å². The summed E-state index contributed by atoms with van der Waals surface area (Å²) in [5.41, 5.74) is 0.0772. The minimum atomic E-state index is -0.241. The molecule has 0 fully saturated rings. The normalized spacial score (nSPS) is 10.4. The van der Waals surface area contributed by atoms with Crippen LogP contribution in [0.4, 0.5) is 0 Å². The Morgan fingerprint density at radius 2 is 2.38 bits per heavy atom. The standard InChI is InChI=1S/C5H5NOS/c1-4(7)5(3-8)6-2/h3,8H,1H3/b5-3+. The molecule has 0 atom stereocenters. The van der Waals surface area contributed by atoms with Crippen molar-refractivity contribution in [3.8, 4) is 0 Å². The van der Waals surface area contributed by atoms with Crippen molar-refractivity contribution in [1.82, 2.24) is 0 Å². The molecule has 0 heterocycles. The molecule has 0 rings (SSSR count). The number of carbonyl (C=O) groups is 1. The monoisotopic (exact) mass is 127 g/mol. The van der Waals surface area contributed by atoms with Crippen LogP contribution in [0.2, 0.25) is 0 Å². The van der Waals surface area contributed by atoms with Crippen LogP contribution in [0, 0.1) is 6.57 Å². The molecule has 0 aromatic carbocycles. The maximum atomic E-state index is 10.3. The van der Waals surface area contributed by atoms with Crippen LogP contribution in [-0.2, 0) is 4.79 Å². The molecule has 0 spiro atoms. The molecule has 0 radical (unpaired) electrons. The molecular weight excluding hydrogens is 122 g/mol. The Bertz CT molecular complexity index is 166. The first-order chi connectivity index (χ1) is 3.72. The van der Waals surface area contributed by atoms with Gasteiger partial charge in [0, 0.05) is 0 Å². The van der Waals surface area contributed by atoms with E-state index in [9.17, 15) is 4.79 Å². The number of carbonyl (C=O) groups excluding carboxylic acids is 1. The van der Waals surface area contributed by atoms with E-state index in [0.717, 1.165) is 0 Å². The maximum absolute atomic E-state index is 10.3. The van der Waals surface area contributed by atoms with Crippen molar-refractivity contribution in [2.75, 3.05) is 0 Å². The highest BCUT2D eigenvalue weighted by atomic mass is 32.1. The molecule has 0 aliphatic heterocycles. The molecular formula is C5H5NOS. The van der Waals surface area contributed by atoms with E-state index in [2.05, 4.69) is 17.5 Å². The van der Waals surface area contributed by atoms with Crippen LogP contribution >= 0.6 is 12.6 Å². The zero-order valence-corrected chi connectivity index (χ0v) is 5.27. The van der Waals surface area contributed by atoms with Crippen LogP contribution in [0.25, 0.3) is 4.85 Å². The lowest BCUT2D eigenvalue weighted by molar-refractivity contribution is -0.113. The van der Waals surface area contributed by atoms with Gasteiger partial charge < -0.3 is 4.79 Å². The van der Waals surface area contributed by atoms with Gasteiger partial charge in [-0.25, -0.2) is 4.85 Å². The van der Waals surface area contributed by atoms with E-state index < -0.39 is 0 Å². The van der Waals surface area contributed by atoms with E-state index in [4.69, 9.17) is 6.57 Å². The quantitative estimate of drug-likeness (QED) is 0.319. The molecule has 0 aromatic rings. The van der Waals surface area contributed by atoms with Crippen LogP contribution < -0.4 is 0 Å². The third kappa shape index (κ3) is 1.80. The topological polar surface area (TPSA) is 21.4 Å². The van der Waals surface area contributed by atoms with Gasteiger partial charge in [0.25, 0.3) is 0 Å². The summed E-state index contributed by atoms with van der Waals surface area (Å²) in [6, 6.07) is 0. The van der Waals surface area contributed by atoms with Gasteiger partial charge in [-0.05, 0) is 12.3 Å². The minimum absolute atomic E-state index is 0.0772. The summed E-state index contributed by atoms with van der Waals surface area (Å²) in [5, 5.41) is 1.20. The number of allylic oxidation sites excluding steroid dienone is 1. The Morgan fingerprint density at radius 3 is 2.38 bits per heavy atom. The van der Waals surface area contributed by atoms with Gasteiger partial charge in [0.2, 0.25) is 5.70 Å². The van der Waals surface area contributed by atoms with E-state index in [1.165, 1.54) is 12.3 Å². The summed E-state index contributed by atoms with van der Waals surface area (Å²) >= 11 is 3.64. The summed E-state index contributed by atoms with van der Waals surface area (Å²) in [6.07, 6.45) is 0. The lowest BCUT2D eigenvalue weighted by Gasteiger charge is -1.81. The fourth-order valence-corrected chi connectivity index (χ4v) is 0.438. The number of rotatable bonds is 1. The number of thiol groups is 1. The smallest absolute Gasteiger partial charge is 0.234 e. The molecule has 2 nitrogen and oxygen atoms in total. The second-order valence-corrected chi connectivity index (χ2v) is 1.44. The Hall–Kier alpha value is -0.750. The van der Waals surface area contributed by atoms with Gasteiger partial charge >= 0.3 is 0 Å². The molecule has 0 bridgehead atoms. The summed E-state index contributed by atoms with van der Waals surface area (Å²) in [4.78, 5) is 13.2. The molecule has 0 unspecified atom stereocenters. The van der Waals surface area contributed by atoms with Gasteiger partial charge in [-0.1, -0.05) is 0 Å². The number of Topliss-reactive ketones (excluding diaryl/α,β-unsaturated/α-hetero) is 1. The van der Waals surface area contributed by atoms with E-state index in [1.54, 1.807) is 0 Å². The van der Waals surface area contributed by atoms with Gasteiger partial charge in [0.1, 0.15) is 0 Å². The third-order valence-electron chi connectivity index (χ3n) is 0.603. The molecule has 0 N–H and O–H groups in total. The zero-order chi connectivity index (χ0) is 6.57. The summed E-state index contributed by atoms with van der Waals surface area (Å²) in [6.45, 7) is 7.71. The number of hydrogen-bond acceptors (Lipinski definition) is 2. The summed E-state index contributed by atoms with van der Waals surface area (Å²) < 4.78 is 0. The highest BCUT2D eigenvalue weighted by Crippen LogP contribution is 1.98. The van der Waals surface area contributed by atoms with Gasteiger partial charge in [0.15, 0.2) is 5.78 Å². The Labute approximate surface area is 53.4 Å². The molecule has 8 heavy (non-hydrogen) atoms. The third-order valence-corrected chi connectivity index (χ3v) is 0.848. The lowest BCUT2D eigenvalue weighted by Crippen LogP contribution is -1.88. The summed E-state index contributed by atoms with van der Waals surface area (Å²) in [7, 11) is 0. The zero-order valence-electron chi connectivity index (χ0n) is 4.38. The predicted molar refractivity (Wildman–Crippen MR) is 34.4 cm³/mol. The van der Waals surface area contributed by atoms with Crippen molar-refractivity contribution in [3.05, 3.63) is 22.5 Å². The van der Waals surface area contributed by atoms with Crippen molar-refractivity contribution in [2.24, 2.45) is 0 Å². The second kappa shape index (κ2) is 3.28. The van der Waals surface area contributed by atoms with Gasteiger partial charge in [-0.3, -0.25) is 0 Å². The highest BCUT2D eigenvalue weighted by molar-refractivity contribution is 7.83. The van der Waals surface area contributed by atoms with Crippen molar-refractivity contribution in [2.45, 2.75) is 6.92 Å². The van der Waals surface area contributed by atoms with Gasteiger partial charge in [-0.2, -0.15) is 12.6 Å². The van der Waals surface area contributed by atoms with Crippen molar-refractivity contribution < 1.29 is 4.79 Å². The lowest BCUT2D eigenvalue weighted by atomic mass is 10.4. The molecule has 42 valence electrons. The second-order valence-electron chi connectivity index (χ2n) is 1.18. The number of ketones is 1. The van der Waals surface area contributed by atoms with Crippen LogP contribution in [0.15, 0.2) is 11.1 Å². The largest absolute Gasteiger partial charge is 0.308 e. The Balaban J connectivity index is 4.20. The van der Waals surface area contributed by atoms with E-state index in [0.29, 0.717) is 0 Å². The Morgan fingerprint density at radius 1 is 1.88 bits per heavy atom. The molecule has 0 amide bonds. The molecule has 0 aliphatic rings. The summed E-state index contributed by atoms with van der Waals surface area (Å²) in [5.74, 6) is -0.241. The number of nitrogens with zero attached hydrogens (tertiary/aromatic N) is 1. The van der Waals surface area contributed by atoms with Crippen LogP contribution in [0.5, 0.6) is 0 Å². The first-order valence-corrected chi connectivity index (χ1v) is 2.46. The minimum Gasteiger partial charge on any atom is -0.308 e. The maximum Gasteiger partial charge on any atom is 0.234 e. The molecule has 0 saturated heterocycles. The van der Waals surface area contributed by atoms with Crippen molar-refractivity contribution in [1.29, 1.82) is 0 Å². The van der Waals surface area contributed by atoms with E-state index >= 15 is 0 Å². The van der Waals surface area contributed by atoms with Gasteiger partial charge in [-0.15, -0.1) is 0 Å². The van der Waals surface area contributed by atoms with Crippen molar-refractivity contribution >= 4 is 18.4 Å². The SMILES string of the molecule is [C-]#[N+]/C(=C/S)C(C)=O. The molecule has 3 heteroatoms. The average molecular weight is 127 g/mol. The first kappa shape index (κ1) is 7.25. The number of hydrogen-bond donors (Lipinski definition) is 1. The Kier molecular flexibility index (Phi) is 2.97. The molecule has 0 aliphatic carbocycles. The molecule has 0 saturated carbocycles. The average Bonchev–Trinajstić information content (AvgIpc) is 1.69. The van der Waals surface area contributed by atoms with Crippen molar-refractivity contribution in [3.63, 3.8) is 0 Å². The van der Waals surface area contributed by atoms with E-state index in [1.807, 2.05) is 0 Å². The fraction of sp³-hybridized carbons (Fsp3) is 0.200. The predicted octanol–water partition coefficient (Wildman–Crippen LogP) is 1.27.